The minimum absolute atomic E-state index is 0.188. The van der Waals surface area contributed by atoms with Gasteiger partial charge in [0.25, 0.3) is 0 Å². The number of fused-ring (bicyclic) bond motifs is 2. The van der Waals surface area contributed by atoms with Crippen molar-refractivity contribution in [3.8, 4) is 5.75 Å². The summed E-state index contributed by atoms with van der Waals surface area (Å²) in [6, 6.07) is 11.6. The Morgan fingerprint density at radius 3 is 2.75 bits per heavy atom. The molecule has 4 rings (SSSR count). The fourth-order valence-corrected chi connectivity index (χ4v) is 5.69. The second-order valence-electron chi connectivity index (χ2n) is 10.9. The number of nitrogens with one attached hydrogen (secondary N) is 3. The SMILES string of the molecule is CCc1cccc(C2(NCC(O)C3Cc4cc(F)cc(c4)OCCCCC(=O)NC(CCSC)C(=O)N3)CC2)c1. The van der Waals surface area contributed by atoms with Gasteiger partial charge in [0.15, 0.2) is 0 Å². The van der Waals surface area contributed by atoms with Gasteiger partial charge in [0.05, 0.1) is 18.8 Å². The van der Waals surface area contributed by atoms with Crippen molar-refractivity contribution < 1.29 is 23.8 Å². The molecular formula is C31H42FN3O4S. The van der Waals surface area contributed by atoms with Gasteiger partial charge in [0.1, 0.15) is 17.6 Å². The minimum atomic E-state index is -0.948. The smallest absolute Gasteiger partial charge is 0.242 e. The van der Waals surface area contributed by atoms with Gasteiger partial charge in [0, 0.05) is 24.6 Å². The summed E-state index contributed by atoms with van der Waals surface area (Å²) in [6.07, 6.45) is 6.10. The Morgan fingerprint density at radius 1 is 1.18 bits per heavy atom. The summed E-state index contributed by atoms with van der Waals surface area (Å²) < 4.78 is 20.3. The van der Waals surface area contributed by atoms with E-state index in [0.29, 0.717) is 42.9 Å². The van der Waals surface area contributed by atoms with Gasteiger partial charge in [-0.15, -0.1) is 0 Å². The Kier molecular flexibility index (Phi) is 10.9. The molecule has 2 bridgehead atoms. The van der Waals surface area contributed by atoms with E-state index in [1.54, 1.807) is 17.8 Å². The third-order valence-corrected chi connectivity index (χ3v) is 8.44. The number of thioether (sulfide) groups is 1. The van der Waals surface area contributed by atoms with Crippen molar-refractivity contribution >= 4 is 23.6 Å². The van der Waals surface area contributed by atoms with Crippen LogP contribution in [0.25, 0.3) is 0 Å². The summed E-state index contributed by atoms with van der Waals surface area (Å²) in [7, 11) is 0. The molecule has 7 nitrogen and oxygen atoms in total. The first-order chi connectivity index (χ1) is 19.3. The van der Waals surface area contributed by atoms with Gasteiger partial charge in [-0.25, -0.2) is 4.39 Å². The van der Waals surface area contributed by atoms with E-state index in [1.165, 1.54) is 23.3 Å². The Hall–Kier alpha value is -2.62. The van der Waals surface area contributed by atoms with Crippen LogP contribution in [0.3, 0.4) is 0 Å². The molecule has 2 aromatic rings. The molecule has 1 saturated carbocycles. The zero-order valence-electron chi connectivity index (χ0n) is 23.5. The van der Waals surface area contributed by atoms with Crippen LogP contribution in [0.4, 0.5) is 4.39 Å². The number of carbonyl (C=O) groups is 2. The number of amides is 2. The molecular weight excluding hydrogens is 529 g/mol. The third kappa shape index (κ3) is 8.44. The minimum Gasteiger partial charge on any atom is -0.493 e. The highest BCUT2D eigenvalue weighted by atomic mass is 32.2. The largest absolute Gasteiger partial charge is 0.493 e. The average Bonchev–Trinajstić information content (AvgIpc) is 3.74. The first-order valence-electron chi connectivity index (χ1n) is 14.4. The second kappa shape index (κ2) is 14.3. The van der Waals surface area contributed by atoms with Crippen molar-refractivity contribution in [3.63, 3.8) is 0 Å². The molecule has 0 saturated heterocycles. The molecule has 2 aliphatic rings. The topological polar surface area (TPSA) is 99.7 Å². The maximum absolute atomic E-state index is 14.5. The van der Waals surface area contributed by atoms with Crippen LogP contribution in [0.5, 0.6) is 5.75 Å². The zero-order chi connectivity index (χ0) is 28.5. The van der Waals surface area contributed by atoms with E-state index in [4.69, 9.17) is 4.74 Å². The van der Waals surface area contributed by atoms with Crippen LogP contribution >= 0.6 is 11.8 Å². The Labute approximate surface area is 241 Å². The van der Waals surface area contributed by atoms with E-state index in [0.717, 1.165) is 19.3 Å². The maximum atomic E-state index is 14.5. The number of halogens is 1. The predicted molar refractivity (Wildman–Crippen MR) is 157 cm³/mol. The summed E-state index contributed by atoms with van der Waals surface area (Å²) in [6.45, 7) is 2.74. The molecule has 1 aliphatic heterocycles. The number of aliphatic hydroxyl groups excluding tert-OH is 1. The lowest BCUT2D eigenvalue weighted by Crippen LogP contribution is -2.55. The number of aliphatic hydroxyl groups is 1. The second-order valence-corrected chi connectivity index (χ2v) is 11.9. The van der Waals surface area contributed by atoms with Gasteiger partial charge in [-0.2, -0.15) is 11.8 Å². The van der Waals surface area contributed by atoms with Gasteiger partial charge in [-0.05, 0) is 85.8 Å². The van der Waals surface area contributed by atoms with Crippen LogP contribution in [0.15, 0.2) is 42.5 Å². The number of hydrogen-bond donors (Lipinski definition) is 4. The van der Waals surface area contributed by atoms with E-state index in [2.05, 4.69) is 47.1 Å². The Bertz CT molecular complexity index is 1160. The maximum Gasteiger partial charge on any atom is 0.242 e. The molecule has 40 heavy (non-hydrogen) atoms. The number of rotatable bonds is 9. The normalized spacial score (nSPS) is 22.2. The summed E-state index contributed by atoms with van der Waals surface area (Å²) in [5.74, 6) is 0.139. The van der Waals surface area contributed by atoms with Crippen LogP contribution in [-0.2, 0) is 28.0 Å². The standard InChI is InChI=1S/C31H42FN3O4S/c1-3-21-7-6-8-23(15-21)31(11-12-31)33-20-28(36)27-18-22-16-24(32)19-25(17-22)39-13-5-4-9-29(37)34-26(10-14-40-2)30(38)35-27/h6-8,15-17,19,26-28,33,36H,3-5,9-14,18,20H2,1-2H3,(H,34,37)(H,35,38). The van der Waals surface area contributed by atoms with Crippen molar-refractivity contribution in [2.45, 2.75) is 82.0 Å². The lowest BCUT2D eigenvalue weighted by atomic mass is 9.98. The van der Waals surface area contributed by atoms with Crippen molar-refractivity contribution in [3.05, 3.63) is 65.0 Å². The molecule has 3 unspecified atom stereocenters. The lowest BCUT2D eigenvalue weighted by Gasteiger charge is -2.29. The molecule has 9 heteroatoms. The lowest BCUT2D eigenvalue weighted by molar-refractivity contribution is -0.130. The molecule has 1 fully saturated rings. The van der Waals surface area contributed by atoms with Gasteiger partial charge < -0.3 is 25.8 Å². The molecule has 0 radical (unpaired) electrons. The van der Waals surface area contributed by atoms with E-state index in [-0.39, 0.29) is 36.7 Å². The van der Waals surface area contributed by atoms with Gasteiger partial charge >= 0.3 is 0 Å². The summed E-state index contributed by atoms with van der Waals surface area (Å²) in [5, 5.41) is 20.8. The van der Waals surface area contributed by atoms with Crippen molar-refractivity contribution in [1.29, 1.82) is 0 Å². The van der Waals surface area contributed by atoms with Crippen molar-refractivity contribution in [1.82, 2.24) is 16.0 Å². The van der Waals surface area contributed by atoms with Crippen LogP contribution < -0.4 is 20.7 Å². The summed E-state index contributed by atoms with van der Waals surface area (Å²) in [5.41, 5.74) is 2.90. The quantitative estimate of drug-likeness (QED) is 0.365. The highest BCUT2D eigenvalue weighted by Crippen LogP contribution is 2.45. The first-order valence-corrected chi connectivity index (χ1v) is 15.7. The molecule has 4 N–H and O–H groups in total. The van der Waals surface area contributed by atoms with Gasteiger partial charge in [-0.3, -0.25) is 9.59 Å². The Balaban J connectivity index is 1.55. The number of carbonyl (C=O) groups excluding carboxylic acids is 2. The molecule has 218 valence electrons. The van der Waals surface area contributed by atoms with Crippen LogP contribution in [0.2, 0.25) is 0 Å². The average molecular weight is 572 g/mol. The third-order valence-electron chi connectivity index (χ3n) is 7.80. The summed E-state index contributed by atoms with van der Waals surface area (Å²) in [4.78, 5) is 26.1. The van der Waals surface area contributed by atoms with Crippen LogP contribution in [0, 0.1) is 5.82 Å². The number of aryl methyl sites for hydroxylation is 1. The molecule has 1 heterocycles. The van der Waals surface area contributed by atoms with E-state index in [9.17, 15) is 19.1 Å². The molecule has 3 atom stereocenters. The molecule has 2 aromatic carbocycles. The molecule has 2 amide bonds. The fraction of sp³-hybridized carbons (Fsp3) is 0.548. The van der Waals surface area contributed by atoms with Gasteiger partial charge in [-0.1, -0.05) is 31.2 Å². The fourth-order valence-electron chi connectivity index (χ4n) is 5.21. The number of benzene rings is 2. The van der Waals surface area contributed by atoms with E-state index in [1.807, 2.05) is 6.26 Å². The molecule has 0 aromatic heterocycles. The van der Waals surface area contributed by atoms with Crippen LogP contribution in [-0.4, -0.2) is 60.3 Å². The summed E-state index contributed by atoms with van der Waals surface area (Å²) >= 11 is 1.60. The van der Waals surface area contributed by atoms with Crippen LogP contribution in [0.1, 0.15) is 62.1 Å². The zero-order valence-corrected chi connectivity index (χ0v) is 24.3. The van der Waals surface area contributed by atoms with E-state index >= 15 is 0 Å². The number of ether oxygens (including phenoxy) is 1. The molecule has 0 spiro atoms. The van der Waals surface area contributed by atoms with Crippen molar-refractivity contribution in [2.75, 3.05) is 25.2 Å². The van der Waals surface area contributed by atoms with Crippen molar-refractivity contribution in [2.24, 2.45) is 0 Å². The van der Waals surface area contributed by atoms with Gasteiger partial charge in [0.2, 0.25) is 11.8 Å². The monoisotopic (exact) mass is 571 g/mol. The molecule has 1 aliphatic carbocycles. The Morgan fingerprint density at radius 2 is 2.00 bits per heavy atom. The number of hydrogen-bond acceptors (Lipinski definition) is 6. The highest BCUT2D eigenvalue weighted by Gasteiger charge is 2.44. The predicted octanol–water partition coefficient (Wildman–Crippen LogP) is 3.86. The first kappa shape index (κ1) is 30.3. The highest BCUT2D eigenvalue weighted by molar-refractivity contribution is 7.98. The van der Waals surface area contributed by atoms with E-state index < -0.39 is 24.0 Å².